The van der Waals surface area contributed by atoms with E-state index in [1.54, 1.807) is 0 Å². The molecule has 1 aliphatic carbocycles. The van der Waals surface area contributed by atoms with Gasteiger partial charge in [0.25, 0.3) is 0 Å². The van der Waals surface area contributed by atoms with Gasteiger partial charge >= 0.3 is 0 Å². The van der Waals surface area contributed by atoms with Crippen LogP contribution in [-0.2, 0) is 4.74 Å². The molecule has 0 aromatic carbocycles. The van der Waals surface area contributed by atoms with Crippen molar-refractivity contribution in [1.29, 1.82) is 0 Å². The molecule has 0 aromatic rings. The standard InChI is InChI=1S/C19H36O2/c1-12(2)19(7)17-14(4)15(9-8-13(3)11-20)21-16(17)10-18(19,5)6/h12-17,20H,8-11H2,1-7H3/t13-,14-,15-,16+,17+,19-/m1/s1. The monoisotopic (exact) mass is 296 g/mol. The van der Waals surface area contributed by atoms with Crippen LogP contribution in [-0.4, -0.2) is 23.9 Å². The Bertz CT molecular complexity index is 363. The average Bonchev–Trinajstić information content (AvgIpc) is 2.80. The quantitative estimate of drug-likeness (QED) is 0.809. The van der Waals surface area contributed by atoms with E-state index >= 15 is 0 Å². The fraction of sp³-hybridized carbons (Fsp3) is 1.00. The molecular weight excluding hydrogens is 260 g/mol. The Morgan fingerprint density at radius 1 is 1.19 bits per heavy atom. The van der Waals surface area contributed by atoms with Gasteiger partial charge in [-0.1, -0.05) is 48.5 Å². The van der Waals surface area contributed by atoms with Gasteiger partial charge in [-0.25, -0.2) is 0 Å². The lowest BCUT2D eigenvalue weighted by atomic mass is 9.57. The molecule has 2 heteroatoms. The first-order valence-corrected chi connectivity index (χ1v) is 8.91. The summed E-state index contributed by atoms with van der Waals surface area (Å²) in [5.41, 5.74) is 0.711. The topological polar surface area (TPSA) is 29.5 Å². The molecule has 1 aliphatic heterocycles. The van der Waals surface area contributed by atoms with E-state index in [9.17, 15) is 5.11 Å². The minimum Gasteiger partial charge on any atom is -0.396 e. The number of aliphatic hydroxyl groups excluding tert-OH is 1. The minimum atomic E-state index is 0.296. The third-order valence-corrected chi connectivity index (χ3v) is 7.22. The maximum atomic E-state index is 9.22. The van der Waals surface area contributed by atoms with Crippen molar-refractivity contribution >= 4 is 0 Å². The summed E-state index contributed by atoms with van der Waals surface area (Å²) in [5, 5.41) is 9.22. The van der Waals surface area contributed by atoms with Gasteiger partial charge in [-0.05, 0) is 53.8 Å². The number of rotatable bonds is 5. The van der Waals surface area contributed by atoms with Gasteiger partial charge in [0.1, 0.15) is 0 Å². The van der Waals surface area contributed by atoms with E-state index in [0.717, 1.165) is 12.8 Å². The molecule has 2 rings (SSSR count). The van der Waals surface area contributed by atoms with Gasteiger partial charge in [0.2, 0.25) is 0 Å². The lowest BCUT2D eigenvalue weighted by molar-refractivity contribution is -0.00339. The van der Waals surface area contributed by atoms with Gasteiger partial charge < -0.3 is 9.84 Å². The van der Waals surface area contributed by atoms with Gasteiger partial charge in [-0.3, -0.25) is 0 Å². The van der Waals surface area contributed by atoms with Crippen LogP contribution in [0, 0.1) is 34.5 Å². The Hall–Kier alpha value is -0.0800. The molecule has 0 aromatic heterocycles. The van der Waals surface area contributed by atoms with Gasteiger partial charge in [0.15, 0.2) is 0 Å². The SMILES string of the molecule is CC(C)[C@]1(C)[C@H]2[C@H](C)[C@@H](CC[C@@H](C)CO)O[C@H]2CC1(C)C. The zero-order valence-electron chi connectivity index (χ0n) is 15.1. The zero-order valence-corrected chi connectivity index (χ0v) is 15.1. The smallest absolute Gasteiger partial charge is 0.0621 e. The van der Waals surface area contributed by atoms with Crippen molar-refractivity contribution in [2.45, 2.75) is 79.9 Å². The van der Waals surface area contributed by atoms with Crippen molar-refractivity contribution in [2.24, 2.45) is 34.5 Å². The molecule has 0 radical (unpaired) electrons. The van der Waals surface area contributed by atoms with Crippen molar-refractivity contribution in [3.05, 3.63) is 0 Å². The number of ether oxygens (including phenoxy) is 1. The van der Waals surface area contributed by atoms with Crippen molar-refractivity contribution in [3.63, 3.8) is 0 Å². The van der Waals surface area contributed by atoms with Crippen LogP contribution in [0.4, 0.5) is 0 Å². The van der Waals surface area contributed by atoms with Crippen LogP contribution in [0.2, 0.25) is 0 Å². The highest BCUT2D eigenvalue weighted by molar-refractivity contribution is 5.11. The highest BCUT2D eigenvalue weighted by atomic mass is 16.5. The highest BCUT2D eigenvalue weighted by Crippen LogP contribution is 2.65. The molecule has 0 unspecified atom stereocenters. The maximum Gasteiger partial charge on any atom is 0.0621 e. The first-order chi connectivity index (χ1) is 9.65. The summed E-state index contributed by atoms with van der Waals surface area (Å²) < 4.78 is 6.49. The van der Waals surface area contributed by atoms with Crippen LogP contribution in [0.25, 0.3) is 0 Å². The molecule has 1 saturated carbocycles. The third-order valence-electron chi connectivity index (χ3n) is 7.22. The maximum absolute atomic E-state index is 9.22. The molecule has 0 amide bonds. The fourth-order valence-electron chi connectivity index (χ4n) is 5.32. The van der Waals surface area contributed by atoms with Crippen molar-refractivity contribution in [1.82, 2.24) is 0 Å². The first-order valence-electron chi connectivity index (χ1n) is 8.91. The second-order valence-electron chi connectivity index (χ2n) is 8.99. The number of aliphatic hydroxyl groups is 1. The van der Waals surface area contributed by atoms with Crippen molar-refractivity contribution in [2.75, 3.05) is 6.61 Å². The largest absolute Gasteiger partial charge is 0.396 e. The predicted octanol–water partition coefficient (Wildman–Crippen LogP) is 4.51. The molecule has 6 atom stereocenters. The Labute approximate surface area is 131 Å². The van der Waals surface area contributed by atoms with E-state index in [-0.39, 0.29) is 0 Å². The molecule has 1 heterocycles. The highest BCUT2D eigenvalue weighted by Gasteiger charge is 2.63. The molecular formula is C19H36O2. The molecule has 1 saturated heterocycles. The Morgan fingerprint density at radius 3 is 2.33 bits per heavy atom. The van der Waals surface area contributed by atoms with Gasteiger partial charge in [-0.2, -0.15) is 0 Å². The van der Waals surface area contributed by atoms with E-state index in [4.69, 9.17) is 4.74 Å². The van der Waals surface area contributed by atoms with E-state index < -0.39 is 0 Å². The van der Waals surface area contributed by atoms with Gasteiger partial charge in [0.05, 0.1) is 12.2 Å². The summed E-state index contributed by atoms with van der Waals surface area (Å²) in [6.45, 7) is 17.0. The Kier molecular flexibility index (Phi) is 4.81. The zero-order chi connectivity index (χ0) is 16.0. The summed E-state index contributed by atoms with van der Waals surface area (Å²) in [6.07, 6.45) is 4.21. The summed E-state index contributed by atoms with van der Waals surface area (Å²) in [7, 11) is 0. The minimum absolute atomic E-state index is 0.296. The fourth-order valence-corrected chi connectivity index (χ4v) is 5.32. The predicted molar refractivity (Wildman–Crippen MR) is 88.1 cm³/mol. The van der Waals surface area contributed by atoms with Crippen LogP contribution in [0.3, 0.4) is 0 Å². The summed E-state index contributed by atoms with van der Waals surface area (Å²) in [6, 6.07) is 0. The lowest BCUT2D eigenvalue weighted by Gasteiger charge is -2.47. The average molecular weight is 296 g/mol. The van der Waals surface area contributed by atoms with Gasteiger partial charge in [0, 0.05) is 6.61 Å². The van der Waals surface area contributed by atoms with E-state index in [0.29, 0.717) is 53.3 Å². The molecule has 0 bridgehead atoms. The van der Waals surface area contributed by atoms with Gasteiger partial charge in [-0.15, -0.1) is 0 Å². The number of hydrogen-bond donors (Lipinski definition) is 1. The molecule has 2 nitrogen and oxygen atoms in total. The Balaban J connectivity index is 2.13. The van der Waals surface area contributed by atoms with E-state index in [1.807, 2.05) is 0 Å². The van der Waals surface area contributed by atoms with Crippen LogP contribution < -0.4 is 0 Å². The van der Waals surface area contributed by atoms with E-state index in [1.165, 1.54) is 6.42 Å². The molecule has 2 fully saturated rings. The Morgan fingerprint density at radius 2 is 1.81 bits per heavy atom. The van der Waals surface area contributed by atoms with Crippen LogP contribution in [0.15, 0.2) is 0 Å². The summed E-state index contributed by atoms with van der Waals surface area (Å²) in [4.78, 5) is 0. The summed E-state index contributed by atoms with van der Waals surface area (Å²) >= 11 is 0. The second-order valence-corrected chi connectivity index (χ2v) is 8.99. The first kappa shape index (κ1) is 17.3. The van der Waals surface area contributed by atoms with Crippen LogP contribution >= 0.6 is 0 Å². The molecule has 0 spiro atoms. The van der Waals surface area contributed by atoms with Crippen molar-refractivity contribution in [3.8, 4) is 0 Å². The van der Waals surface area contributed by atoms with E-state index in [2.05, 4.69) is 48.5 Å². The summed E-state index contributed by atoms with van der Waals surface area (Å²) in [5.74, 6) is 2.40. The lowest BCUT2D eigenvalue weighted by Crippen LogP contribution is -2.43. The normalized spacial score (nSPS) is 43.3. The number of hydrogen-bond acceptors (Lipinski definition) is 2. The molecule has 1 N–H and O–H groups in total. The van der Waals surface area contributed by atoms with Crippen LogP contribution in [0.1, 0.15) is 67.7 Å². The number of fused-ring (bicyclic) bond motifs is 1. The third kappa shape index (κ3) is 2.67. The second kappa shape index (κ2) is 5.85. The molecule has 21 heavy (non-hydrogen) atoms. The van der Waals surface area contributed by atoms with Crippen LogP contribution in [0.5, 0.6) is 0 Å². The van der Waals surface area contributed by atoms with Crippen molar-refractivity contribution < 1.29 is 9.84 Å². The molecule has 2 aliphatic rings. The molecule has 124 valence electrons.